The van der Waals surface area contributed by atoms with Gasteiger partial charge in [0.1, 0.15) is 5.67 Å². The lowest BCUT2D eigenvalue weighted by molar-refractivity contribution is -0.211. The fourth-order valence-corrected chi connectivity index (χ4v) is 8.16. The molecule has 8 nitrogen and oxygen atoms in total. The number of hydrogen-bond acceptors (Lipinski definition) is 7. The molecule has 7 aliphatic rings. The monoisotopic (exact) mass is 573 g/mol. The Morgan fingerprint density at radius 2 is 1.60 bits per heavy atom. The Labute approximate surface area is 245 Å². The average Bonchev–Trinajstić information content (AvgIpc) is 3.35. The number of benzene rings is 1. The van der Waals surface area contributed by atoms with Gasteiger partial charge in [-0.2, -0.15) is 9.97 Å². The van der Waals surface area contributed by atoms with Crippen molar-refractivity contribution in [3.63, 3.8) is 0 Å². The highest BCUT2D eigenvalue weighted by atomic mass is 19.1. The number of fused-ring (bicyclic) bond motifs is 3. The van der Waals surface area contributed by atoms with Gasteiger partial charge >= 0.3 is 0 Å². The number of hydrogen-bond donors (Lipinski definition) is 0. The van der Waals surface area contributed by atoms with E-state index in [1.54, 1.807) is 0 Å². The van der Waals surface area contributed by atoms with Gasteiger partial charge in [0.2, 0.25) is 23.5 Å². The summed E-state index contributed by atoms with van der Waals surface area (Å²) in [6.45, 7) is 9.10. The first kappa shape index (κ1) is 26.5. The van der Waals surface area contributed by atoms with Gasteiger partial charge in [-0.3, -0.25) is 4.79 Å². The van der Waals surface area contributed by atoms with Gasteiger partial charge in [0.25, 0.3) is 0 Å². The predicted molar refractivity (Wildman–Crippen MR) is 154 cm³/mol. The first-order valence-electron chi connectivity index (χ1n) is 15.6. The quantitative estimate of drug-likeness (QED) is 0.301. The van der Waals surface area contributed by atoms with E-state index in [2.05, 4.69) is 38.0 Å². The lowest BCUT2D eigenvalue weighted by Gasteiger charge is -2.65. The van der Waals surface area contributed by atoms with E-state index in [4.69, 9.17) is 19.0 Å². The minimum absolute atomic E-state index is 0.0107. The van der Waals surface area contributed by atoms with E-state index in [9.17, 15) is 9.18 Å². The molecule has 10 rings (SSSR count). The van der Waals surface area contributed by atoms with E-state index in [1.165, 1.54) is 0 Å². The van der Waals surface area contributed by atoms with Crippen LogP contribution < -0.4 is 4.90 Å². The van der Waals surface area contributed by atoms with Gasteiger partial charge in [-0.1, -0.05) is 50.1 Å². The molecule has 7 saturated carbocycles. The van der Waals surface area contributed by atoms with Crippen molar-refractivity contribution in [1.29, 1.82) is 0 Å². The van der Waals surface area contributed by atoms with E-state index in [0.29, 0.717) is 37.5 Å². The highest BCUT2D eigenvalue weighted by Gasteiger charge is 2.73. The maximum Gasteiger partial charge on any atom is 0.233 e. The molecule has 0 atom stereocenters. The fourth-order valence-electron chi connectivity index (χ4n) is 8.16. The van der Waals surface area contributed by atoms with Crippen LogP contribution in [0, 0.1) is 10.8 Å². The second-order valence-corrected chi connectivity index (χ2v) is 15.8. The Morgan fingerprint density at radius 3 is 2.19 bits per heavy atom. The van der Waals surface area contributed by atoms with Crippen LogP contribution in [0.15, 0.2) is 33.3 Å². The highest BCUT2D eigenvalue weighted by Crippen LogP contribution is 2.70. The van der Waals surface area contributed by atoms with Crippen LogP contribution in [0.25, 0.3) is 11.4 Å². The third kappa shape index (κ3) is 3.94. The van der Waals surface area contributed by atoms with Crippen LogP contribution in [0.3, 0.4) is 0 Å². The molecule has 0 N–H and O–H groups in total. The van der Waals surface area contributed by atoms with Gasteiger partial charge in [-0.15, -0.1) is 0 Å². The first-order chi connectivity index (χ1) is 19.8. The van der Waals surface area contributed by atoms with Gasteiger partial charge in [0, 0.05) is 34.0 Å². The van der Waals surface area contributed by atoms with E-state index in [0.717, 1.165) is 74.3 Å². The van der Waals surface area contributed by atoms with Gasteiger partial charge in [-0.25, -0.2) is 4.39 Å². The number of carbonyl (C=O) groups is 1. The van der Waals surface area contributed by atoms with E-state index in [-0.39, 0.29) is 27.6 Å². The van der Waals surface area contributed by atoms with Crippen molar-refractivity contribution < 1.29 is 18.2 Å². The van der Waals surface area contributed by atoms with Crippen LogP contribution in [0.5, 0.6) is 0 Å². The molecule has 1 aromatic carbocycles. The number of amides is 1. The molecule has 4 bridgehead atoms. The molecule has 0 unspecified atom stereocenters. The summed E-state index contributed by atoms with van der Waals surface area (Å²) in [4.78, 5) is 25.8. The molecular weight excluding hydrogens is 533 g/mol. The van der Waals surface area contributed by atoms with Crippen LogP contribution in [-0.4, -0.2) is 38.4 Å². The summed E-state index contributed by atoms with van der Waals surface area (Å²) < 4.78 is 26.1. The summed E-state index contributed by atoms with van der Waals surface area (Å²) >= 11 is 0. The zero-order chi connectivity index (χ0) is 29.2. The van der Waals surface area contributed by atoms with Crippen molar-refractivity contribution in [3.8, 4) is 11.4 Å². The molecule has 1 amide bonds. The normalized spacial score (nSPS) is 34.0. The predicted octanol–water partition coefficient (Wildman–Crippen LogP) is 6.99. The molecule has 0 radical (unpaired) electrons. The summed E-state index contributed by atoms with van der Waals surface area (Å²) in [7, 11) is 0. The summed E-state index contributed by atoms with van der Waals surface area (Å²) in [6.07, 6.45) is 9.09. The number of anilines is 1. The zero-order valence-electron chi connectivity index (χ0n) is 25.1. The average molecular weight is 574 g/mol. The second-order valence-electron chi connectivity index (χ2n) is 15.8. The molecule has 3 aromatic rings. The Bertz CT molecular complexity index is 1540. The summed E-state index contributed by atoms with van der Waals surface area (Å²) in [5, 5.41) is 8.60. The molecule has 0 saturated heterocycles. The van der Waals surface area contributed by atoms with E-state index < -0.39 is 11.1 Å². The first-order valence-corrected chi connectivity index (χ1v) is 15.6. The Balaban J connectivity index is 1.07. The SMILES string of the molecule is CC(C)(C)c1noc(C23CCC(CN(C(=O)C45CC(F)(C4)C5)c4cccc(-c5noc(C6(C)CC6)n5)c4)(CC2)CC3)n1. The van der Waals surface area contributed by atoms with Gasteiger partial charge in [0.05, 0.1) is 5.41 Å². The number of alkyl halides is 1. The number of carbonyl (C=O) groups excluding carboxylic acids is 1. The van der Waals surface area contributed by atoms with Crippen molar-refractivity contribution in [1.82, 2.24) is 20.3 Å². The zero-order valence-corrected chi connectivity index (χ0v) is 25.1. The maximum absolute atomic E-state index is 14.6. The number of rotatable bonds is 7. The van der Waals surface area contributed by atoms with Crippen LogP contribution in [0.2, 0.25) is 0 Å². The van der Waals surface area contributed by atoms with Crippen molar-refractivity contribution in [2.75, 3.05) is 11.4 Å². The van der Waals surface area contributed by atoms with Crippen LogP contribution in [-0.2, 0) is 21.0 Å². The standard InChI is InChI=1S/C33H40FN5O3/c1-28(2,3)24-36-26(42-38-24)31-13-10-30(11-14-31,12-15-31)20-39(27(40)32-17-33(34,18-32)19-32)22-7-5-6-21(16-22)23-35-25(41-37-23)29(4)8-9-29/h5-7,16H,8-15,17-20H2,1-4H3. The molecule has 42 heavy (non-hydrogen) atoms. The molecule has 0 aliphatic heterocycles. The molecule has 0 spiro atoms. The van der Waals surface area contributed by atoms with Crippen molar-refractivity contribution in [3.05, 3.63) is 41.9 Å². The Kier molecular flexibility index (Phi) is 5.23. The smallest absolute Gasteiger partial charge is 0.233 e. The van der Waals surface area contributed by atoms with Crippen molar-refractivity contribution >= 4 is 11.6 Å². The highest BCUT2D eigenvalue weighted by molar-refractivity contribution is 6.00. The molecule has 222 valence electrons. The molecule has 2 heterocycles. The van der Waals surface area contributed by atoms with Crippen molar-refractivity contribution in [2.24, 2.45) is 10.8 Å². The fraction of sp³-hybridized carbons (Fsp3) is 0.667. The van der Waals surface area contributed by atoms with Crippen LogP contribution >= 0.6 is 0 Å². The van der Waals surface area contributed by atoms with Gasteiger partial charge < -0.3 is 13.9 Å². The molecule has 7 fully saturated rings. The molecular formula is C33H40FN5O3. The topological polar surface area (TPSA) is 98.2 Å². The molecule has 7 aliphatic carbocycles. The van der Waals surface area contributed by atoms with Crippen LogP contribution in [0.4, 0.5) is 10.1 Å². The minimum atomic E-state index is -1.13. The Morgan fingerprint density at radius 1 is 0.929 bits per heavy atom. The van der Waals surface area contributed by atoms with E-state index >= 15 is 0 Å². The lowest BCUT2D eigenvalue weighted by atomic mass is 9.41. The number of halogens is 1. The lowest BCUT2D eigenvalue weighted by Crippen LogP contribution is -2.71. The van der Waals surface area contributed by atoms with Gasteiger partial charge in [-0.05, 0) is 88.2 Å². The molecule has 2 aromatic heterocycles. The number of nitrogens with zero attached hydrogens (tertiary/aromatic N) is 5. The third-order valence-corrected chi connectivity index (χ3v) is 11.5. The van der Waals surface area contributed by atoms with E-state index in [1.807, 2.05) is 29.2 Å². The minimum Gasteiger partial charge on any atom is -0.339 e. The van der Waals surface area contributed by atoms with Crippen LogP contribution in [0.1, 0.15) is 116 Å². The van der Waals surface area contributed by atoms with Crippen molar-refractivity contribution in [2.45, 2.75) is 120 Å². The van der Waals surface area contributed by atoms with Gasteiger partial charge in [0.15, 0.2) is 5.82 Å². The third-order valence-electron chi connectivity index (χ3n) is 11.5. The summed E-state index contributed by atoms with van der Waals surface area (Å²) in [6, 6.07) is 7.95. The molecule has 9 heteroatoms. The maximum atomic E-state index is 14.6. The Hall–Kier alpha value is -3.10. The second kappa shape index (κ2) is 8.29. The largest absolute Gasteiger partial charge is 0.339 e. The number of aromatic nitrogens is 4. The summed E-state index contributed by atoms with van der Waals surface area (Å²) in [5.74, 6) is 2.84. The summed E-state index contributed by atoms with van der Waals surface area (Å²) in [5.41, 5.74) is -0.245.